The molecule has 0 unspecified atom stereocenters. The second kappa shape index (κ2) is 4.94. The van der Waals surface area contributed by atoms with Crippen molar-refractivity contribution in [1.82, 2.24) is 10.2 Å². The molecule has 0 radical (unpaired) electrons. The first-order valence-electron chi connectivity index (χ1n) is 6.38. The number of rotatable bonds is 4. The molecule has 1 N–H and O–H groups in total. The lowest BCUT2D eigenvalue weighted by Crippen LogP contribution is -2.28. The molecule has 0 saturated heterocycles. The molecule has 2 amide bonds. The van der Waals surface area contributed by atoms with Gasteiger partial charge in [0.15, 0.2) is 0 Å². The molecule has 1 aromatic carbocycles. The summed E-state index contributed by atoms with van der Waals surface area (Å²) >= 11 is 0. The Morgan fingerprint density at radius 1 is 1.00 bits per heavy atom. The van der Waals surface area contributed by atoms with E-state index in [0.717, 1.165) is 5.76 Å². The van der Waals surface area contributed by atoms with Gasteiger partial charge in [-0.15, -0.1) is 0 Å². The Hall–Kier alpha value is -2.40. The molecule has 20 heavy (non-hydrogen) atoms. The van der Waals surface area contributed by atoms with Crippen LogP contribution in [0.1, 0.15) is 32.2 Å². The third-order valence-electron chi connectivity index (χ3n) is 3.26. The van der Waals surface area contributed by atoms with E-state index in [2.05, 4.69) is 5.32 Å². The van der Waals surface area contributed by atoms with Crippen LogP contribution in [0.3, 0.4) is 0 Å². The monoisotopic (exact) mass is 270 g/mol. The maximum Gasteiger partial charge on any atom is 0.261 e. The maximum absolute atomic E-state index is 12.2. The van der Waals surface area contributed by atoms with Gasteiger partial charge in [-0.3, -0.25) is 14.5 Å². The summed E-state index contributed by atoms with van der Waals surface area (Å²) in [5, 5.41) is 2.98. The number of nitrogens with one attached hydrogen (secondary N) is 1. The smallest absolute Gasteiger partial charge is 0.261 e. The Bertz CT molecular complexity index is 640. The zero-order chi connectivity index (χ0) is 14.1. The summed E-state index contributed by atoms with van der Waals surface area (Å²) in [6.07, 6.45) is 0. The van der Waals surface area contributed by atoms with Crippen LogP contribution < -0.4 is 5.32 Å². The highest BCUT2D eigenvalue weighted by atomic mass is 16.3. The summed E-state index contributed by atoms with van der Waals surface area (Å²) in [4.78, 5) is 25.6. The van der Waals surface area contributed by atoms with Crippen LogP contribution in [0.15, 0.2) is 40.8 Å². The molecule has 5 nitrogen and oxygen atoms in total. The van der Waals surface area contributed by atoms with Crippen LogP contribution in [0.25, 0.3) is 0 Å². The minimum absolute atomic E-state index is 0.163. The first kappa shape index (κ1) is 12.6. The van der Waals surface area contributed by atoms with E-state index in [1.807, 2.05) is 13.1 Å². The van der Waals surface area contributed by atoms with Gasteiger partial charge in [0.2, 0.25) is 0 Å². The van der Waals surface area contributed by atoms with E-state index in [4.69, 9.17) is 4.42 Å². The van der Waals surface area contributed by atoms with Crippen LogP contribution in [0, 0.1) is 0 Å². The summed E-state index contributed by atoms with van der Waals surface area (Å²) in [5.41, 5.74) is 0.916. The third-order valence-corrected chi connectivity index (χ3v) is 3.26. The topological polar surface area (TPSA) is 62.6 Å². The average molecular weight is 270 g/mol. The number of benzene rings is 1. The second-order valence-corrected chi connectivity index (χ2v) is 4.64. The molecule has 1 aromatic heterocycles. The molecule has 0 bridgehead atoms. The first-order chi connectivity index (χ1) is 9.70. The minimum atomic E-state index is -0.267. The van der Waals surface area contributed by atoms with E-state index in [9.17, 15) is 9.59 Å². The van der Waals surface area contributed by atoms with Crippen LogP contribution in [0.2, 0.25) is 0 Å². The molecule has 0 spiro atoms. The summed E-state index contributed by atoms with van der Waals surface area (Å²) in [6, 6.07) is 10.5. The van der Waals surface area contributed by atoms with Crippen molar-refractivity contribution in [2.45, 2.75) is 13.1 Å². The summed E-state index contributed by atoms with van der Waals surface area (Å²) in [5.74, 6) is 0.846. The standard InChI is InChI=1S/C15H14N2O3/c1-16-8-10-6-7-11(20-10)9-17-14(18)12-4-2-3-5-13(12)15(17)19/h2-7,16H,8-9H2,1H3. The lowest BCUT2D eigenvalue weighted by Gasteiger charge is -2.11. The van der Waals surface area contributed by atoms with Crippen LogP contribution in [-0.2, 0) is 13.1 Å². The summed E-state index contributed by atoms with van der Waals surface area (Å²) < 4.78 is 5.57. The Labute approximate surface area is 116 Å². The molecular formula is C15H14N2O3. The number of amides is 2. The molecule has 1 aliphatic heterocycles. The van der Waals surface area contributed by atoms with Crippen LogP contribution in [0.5, 0.6) is 0 Å². The predicted octanol–water partition coefficient (Wildman–Crippen LogP) is 1.80. The maximum atomic E-state index is 12.2. The zero-order valence-corrected chi connectivity index (χ0v) is 11.1. The van der Waals surface area contributed by atoms with Crippen LogP contribution in [-0.4, -0.2) is 23.8 Å². The number of hydrogen-bond acceptors (Lipinski definition) is 4. The van der Waals surface area contributed by atoms with Crippen molar-refractivity contribution in [3.8, 4) is 0 Å². The van der Waals surface area contributed by atoms with Crippen molar-refractivity contribution < 1.29 is 14.0 Å². The van der Waals surface area contributed by atoms with Crippen molar-refractivity contribution in [3.05, 3.63) is 59.0 Å². The summed E-state index contributed by atoms with van der Waals surface area (Å²) in [7, 11) is 1.83. The predicted molar refractivity (Wildman–Crippen MR) is 72.1 cm³/mol. The van der Waals surface area contributed by atoms with Gasteiger partial charge in [0.1, 0.15) is 11.5 Å². The number of hydrogen-bond donors (Lipinski definition) is 1. The number of nitrogens with zero attached hydrogens (tertiary/aromatic N) is 1. The molecule has 0 fully saturated rings. The summed E-state index contributed by atoms with van der Waals surface area (Å²) in [6.45, 7) is 0.776. The molecule has 3 rings (SSSR count). The molecule has 0 aliphatic carbocycles. The fraction of sp³-hybridized carbons (Fsp3) is 0.200. The van der Waals surface area contributed by atoms with Gasteiger partial charge < -0.3 is 9.73 Å². The van der Waals surface area contributed by atoms with Gasteiger partial charge in [-0.2, -0.15) is 0 Å². The molecule has 1 aliphatic rings. The molecule has 2 aromatic rings. The average Bonchev–Trinajstić information content (AvgIpc) is 2.99. The molecule has 0 atom stereocenters. The van der Waals surface area contributed by atoms with E-state index in [1.165, 1.54) is 4.90 Å². The molecule has 0 saturated carbocycles. The van der Waals surface area contributed by atoms with Gasteiger partial charge in [0.05, 0.1) is 24.2 Å². The molecule has 102 valence electrons. The Morgan fingerprint density at radius 2 is 1.60 bits per heavy atom. The van der Waals surface area contributed by atoms with Gasteiger partial charge in [-0.05, 0) is 31.3 Å². The number of imide groups is 1. The number of furan rings is 1. The van der Waals surface area contributed by atoms with Crippen molar-refractivity contribution in [2.24, 2.45) is 0 Å². The highest BCUT2D eigenvalue weighted by Crippen LogP contribution is 2.24. The fourth-order valence-corrected chi connectivity index (χ4v) is 2.32. The Kier molecular flexibility index (Phi) is 3.12. The lowest BCUT2D eigenvalue weighted by atomic mass is 10.1. The van der Waals surface area contributed by atoms with Crippen molar-refractivity contribution in [1.29, 1.82) is 0 Å². The van der Waals surface area contributed by atoms with Gasteiger partial charge in [0, 0.05) is 0 Å². The van der Waals surface area contributed by atoms with Crippen molar-refractivity contribution in [2.75, 3.05) is 7.05 Å². The zero-order valence-electron chi connectivity index (χ0n) is 11.1. The number of carbonyl (C=O) groups is 2. The largest absolute Gasteiger partial charge is 0.463 e. The van der Waals surface area contributed by atoms with E-state index in [0.29, 0.717) is 23.4 Å². The fourth-order valence-electron chi connectivity index (χ4n) is 2.32. The van der Waals surface area contributed by atoms with E-state index in [1.54, 1.807) is 30.3 Å². The van der Waals surface area contributed by atoms with Crippen LogP contribution in [0.4, 0.5) is 0 Å². The molecule has 5 heteroatoms. The number of carbonyl (C=O) groups excluding carboxylic acids is 2. The number of fused-ring (bicyclic) bond motifs is 1. The van der Waals surface area contributed by atoms with Crippen molar-refractivity contribution in [3.63, 3.8) is 0 Å². The quantitative estimate of drug-likeness (QED) is 0.860. The molecule has 2 heterocycles. The second-order valence-electron chi connectivity index (χ2n) is 4.64. The first-order valence-corrected chi connectivity index (χ1v) is 6.38. The highest BCUT2D eigenvalue weighted by molar-refractivity contribution is 6.21. The Balaban J connectivity index is 1.82. The van der Waals surface area contributed by atoms with Gasteiger partial charge >= 0.3 is 0 Å². The normalized spacial score (nSPS) is 13.9. The van der Waals surface area contributed by atoms with E-state index >= 15 is 0 Å². The lowest BCUT2D eigenvalue weighted by molar-refractivity contribution is 0.0631. The van der Waals surface area contributed by atoms with Crippen LogP contribution >= 0.6 is 0 Å². The van der Waals surface area contributed by atoms with Gasteiger partial charge in [-0.25, -0.2) is 0 Å². The van der Waals surface area contributed by atoms with Gasteiger partial charge in [0.25, 0.3) is 11.8 Å². The third kappa shape index (κ3) is 2.02. The van der Waals surface area contributed by atoms with E-state index in [-0.39, 0.29) is 18.4 Å². The highest BCUT2D eigenvalue weighted by Gasteiger charge is 2.35. The Morgan fingerprint density at radius 3 is 2.20 bits per heavy atom. The minimum Gasteiger partial charge on any atom is -0.463 e. The van der Waals surface area contributed by atoms with E-state index < -0.39 is 0 Å². The SMILES string of the molecule is CNCc1ccc(CN2C(=O)c3ccccc3C2=O)o1. The van der Waals surface area contributed by atoms with Crippen molar-refractivity contribution >= 4 is 11.8 Å². The van der Waals surface area contributed by atoms with Gasteiger partial charge in [-0.1, -0.05) is 12.1 Å². The molecular weight excluding hydrogens is 256 g/mol.